The van der Waals surface area contributed by atoms with Crippen molar-refractivity contribution in [2.24, 2.45) is 0 Å². The van der Waals surface area contributed by atoms with Crippen molar-refractivity contribution in [3.05, 3.63) is 58.9 Å². The maximum Gasteiger partial charge on any atom is 0.241 e. The largest absolute Gasteiger partial charge is 0.378 e. The first-order chi connectivity index (χ1) is 17.1. The predicted molar refractivity (Wildman–Crippen MR) is 138 cm³/mol. The third-order valence-corrected chi connectivity index (χ3v) is 8.66. The molecule has 0 saturated heterocycles. The van der Waals surface area contributed by atoms with Gasteiger partial charge >= 0.3 is 0 Å². The summed E-state index contributed by atoms with van der Waals surface area (Å²) in [4.78, 5) is 16.6. The van der Waals surface area contributed by atoms with Crippen LogP contribution in [0.3, 0.4) is 0 Å². The zero-order valence-corrected chi connectivity index (χ0v) is 21.1. The Morgan fingerprint density at radius 3 is 2.67 bits per heavy atom. The molecule has 1 fully saturated rings. The molecule has 0 spiro atoms. The van der Waals surface area contributed by atoms with Gasteiger partial charge in [-0.3, -0.25) is 9.78 Å². The van der Waals surface area contributed by atoms with Crippen molar-refractivity contribution in [3.8, 4) is 0 Å². The highest BCUT2D eigenvalue weighted by Gasteiger charge is 2.32. The Bertz CT molecular complexity index is 1510. The zero-order chi connectivity index (χ0) is 25.2. The average molecular weight is 509 g/mol. The quantitative estimate of drug-likeness (QED) is 0.428. The van der Waals surface area contributed by atoms with Crippen molar-refractivity contribution in [2.75, 3.05) is 17.2 Å². The van der Waals surface area contributed by atoms with Gasteiger partial charge in [-0.15, -0.1) is 0 Å². The summed E-state index contributed by atoms with van der Waals surface area (Å²) < 4.78 is 43.3. The molecule has 36 heavy (non-hydrogen) atoms. The highest BCUT2D eigenvalue weighted by atomic mass is 32.2. The second-order valence-corrected chi connectivity index (χ2v) is 12.5. The number of halogens is 1. The van der Waals surface area contributed by atoms with Gasteiger partial charge in [0.25, 0.3) is 0 Å². The van der Waals surface area contributed by atoms with E-state index in [0.717, 1.165) is 64.8 Å². The predicted octanol–water partition coefficient (Wildman–Crippen LogP) is 4.73. The number of alkyl halides is 1. The van der Waals surface area contributed by atoms with E-state index in [1.807, 2.05) is 30.5 Å². The number of benzene rings is 2. The van der Waals surface area contributed by atoms with Gasteiger partial charge in [-0.05, 0) is 86.6 Å². The molecular weight excluding hydrogens is 479 g/mol. The molecule has 3 aliphatic rings. The van der Waals surface area contributed by atoms with Gasteiger partial charge in [-0.25, -0.2) is 17.5 Å². The molecule has 1 unspecified atom stereocenters. The fourth-order valence-corrected chi connectivity index (χ4v) is 6.72. The molecule has 1 aromatic heterocycles. The van der Waals surface area contributed by atoms with Crippen LogP contribution in [0.15, 0.2) is 41.4 Å². The lowest BCUT2D eigenvalue weighted by Crippen LogP contribution is -2.35. The van der Waals surface area contributed by atoms with Crippen LogP contribution in [0.4, 0.5) is 15.8 Å². The van der Waals surface area contributed by atoms with Crippen LogP contribution in [-0.2, 0) is 27.7 Å². The number of aromatic nitrogens is 1. The number of fused-ring (bicyclic) bond motifs is 4. The summed E-state index contributed by atoms with van der Waals surface area (Å²) in [6, 6.07) is 9.51. The molecule has 1 saturated carbocycles. The molecule has 1 aliphatic heterocycles. The number of pyridine rings is 1. The first-order valence-corrected chi connectivity index (χ1v) is 13.9. The number of sulfonamides is 1. The lowest BCUT2D eigenvalue weighted by molar-refractivity contribution is -0.115. The molecule has 7 nitrogen and oxygen atoms in total. The summed E-state index contributed by atoms with van der Waals surface area (Å²) in [5.41, 5.74) is 3.99. The molecule has 2 aromatic carbocycles. The molecular formula is C27H29FN4O3S. The number of hydrogen-bond acceptors (Lipinski definition) is 5. The van der Waals surface area contributed by atoms with Crippen molar-refractivity contribution < 1.29 is 17.6 Å². The van der Waals surface area contributed by atoms with Crippen molar-refractivity contribution in [1.29, 1.82) is 0 Å². The summed E-state index contributed by atoms with van der Waals surface area (Å²) >= 11 is 0. The van der Waals surface area contributed by atoms with E-state index in [4.69, 9.17) is 4.98 Å². The minimum Gasteiger partial charge on any atom is -0.378 e. The number of carbonyl (C=O) groups is 1. The average Bonchev–Trinajstić information content (AvgIpc) is 3.49. The summed E-state index contributed by atoms with van der Waals surface area (Å²) in [6.07, 6.45) is 5.81. The van der Waals surface area contributed by atoms with Gasteiger partial charge in [-0.1, -0.05) is 0 Å². The van der Waals surface area contributed by atoms with Crippen LogP contribution in [0.5, 0.6) is 0 Å². The zero-order valence-electron chi connectivity index (χ0n) is 20.3. The van der Waals surface area contributed by atoms with Crippen LogP contribution in [0.25, 0.3) is 10.8 Å². The Morgan fingerprint density at radius 2 is 1.92 bits per heavy atom. The topological polar surface area (TPSA) is 100 Å². The van der Waals surface area contributed by atoms with E-state index in [9.17, 15) is 17.6 Å². The highest BCUT2D eigenvalue weighted by Crippen LogP contribution is 2.44. The van der Waals surface area contributed by atoms with E-state index in [1.54, 1.807) is 6.07 Å². The number of carbonyl (C=O) groups excluding carboxylic acids is 1. The summed E-state index contributed by atoms with van der Waals surface area (Å²) in [5, 5.41) is 7.90. The Labute approximate surface area is 209 Å². The number of nitrogens with one attached hydrogen (secondary N) is 3. The molecule has 3 aromatic rings. The number of hydrogen-bond donors (Lipinski definition) is 3. The lowest BCUT2D eigenvalue weighted by Gasteiger charge is -2.20. The molecule has 188 valence electrons. The smallest absolute Gasteiger partial charge is 0.241 e. The van der Waals surface area contributed by atoms with E-state index < -0.39 is 15.7 Å². The van der Waals surface area contributed by atoms with Gasteiger partial charge in [0.1, 0.15) is 5.67 Å². The van der Waals surface area contributed by atoms with Crippen LogP contribution < -0.4 is 15.4 Å². The molecule has 3 N–H and O–H groups in total. The number of amides is 1. The molecule has 1 amide bonds. The molecule has 6 rings (SSSR count). The molecule has 1 atom stereocenters. The van der Waals surface area contributed by atoms with Gasteiger partial charge in [-0.2, -0.15) is 0 Å². The van der Waals surface area contributed by atoms with E-state index in [2.05, 4.69) is 15.4 Å². The van der Waals surface area contributed by atoms with E-state index in [0.29, 0.717) is 17.7 Å². The second kappa shape index (κ2) is 8.24. The van der Waals surface area contributed by atoms with Gasteiger partial charge in [0.15, 0.2) is 0 Å². The Hall–Kier alpha value is -3.04. The fourth-order valence-electron chi connectivity index (χ4n) is 5.27. The van der Waals surface area contributed by atoms with Gasteiger partial charge < -0.3 is 10.6 Å². The SMILES string of the molecule is CC(C)(F)CNS(=O)(=O)c1cc2c(c3cnc(C4CC4)cc13)C(Nc1ccc3c(c1)CC(=O)N3)CC2. The standard InChI is InChI=1S/C27H29FN4O3S/c1-27(2,28)14-30-36(34,35)24-10-16-5-7-22(31-18-6-8-21-17(9-18)11-25(33)32-21)26(16)20-13-29-23(12-19(20)24)15-3-4-15/h6,8-10,12-13,15,22,30-31H,3-5,7,11,14H2,1-2H3,(H,32,33). The van der Waals surface area contributed by atoms with Gasteiger partial charge in [0.2, 0.25) is 15.9 Å². The fraction of sp³-hybridized carbons (Fsp3) is 0.407. The number of rotatable bonds is 7. The number of nitrogens with zero attached hydrogens (tertiary/aromatic N) is 1. The van der Waals surface area contributed by atoms with Gasteiger partial charge in [0, 0.05) is 46.5 Å². The van der Waals surface area contributed by atoms with Crippen LogP contribution in [0.2, 0.25) is 0 Å². The van der Waals surface area contributed by atoms with Crippen LogP contribution in [-0.4, -0.2) is 31.5 Å². The van der Waals surface area contributed by atoms with Crippen LogP contribution >= 0.6 is 0 Å². The van der Waals surface area contributed by atoms with Crippen LogP contribution in [0.1, 0.15) is 67.5 Å². The second-order valence-electron chi connectivity index (χ2n) is 10.8. The first-order valence-electron chi connectivity index (χ1n) is 12.4. The Balaban J connectivity index is 1.41. The van der Waals surface area contributed by atoms with Crippen molar-refractivity contribution >= 4 is 38.1 Å². The van der Waals surface area contributed by atoms with E-state index in [1.165, 1.54) is 13.8 Å². The molecule has 2 heterocycles. The number of anilines is 2. The highest BCUT2D eigenvalue weighted by molar-refractivity contribution is 7.89. The monoisotopic (exact) mass is 508 g/mol. The van der Waals surface area contributed by atoms with Crippen LogP contribution in [0, 0.1) is 0 Å². The normalized spacial score (nSPS) is 19.3. The molecule has 2 aliphatic carbocycles. The summed E-state index contributed by atoms with van der Waals surface area (Å²) in [6.45, 7) is 2.41. The van der Waals surface area contributed by atoms with Gasteiger partial charge in [0.05, 0.1) is 17.4 Å². The molecule has 9 heteroatoms. The Kier molecular flexibility index (Phi) is 5.35. The van der Waals surface area contributed by atoms with Crippen molar-refractivity contribution in [3.63, 3.8) is 0 Å². The molecule has 0 bridgehead atoms. The first kappa shape index (κ1) is 23.4. The summed E-state index contributed by atoms with van der Waals surface area (Å²) in [7, 11) is -3.93. The molecule has 0 radical (unpaired) electrons. The Morgan fingerprint density at radius 1 is 1.11 bits per heavy atom. The minimum absolute atomic E-state index is 0.00427. The maximum absolute atomic E-state index is 14.1. The minimum atomic E-state index is -3.93. The summed E-state index contributed by atoms with van der Waals surface area (Å²) in [5.74, 6) is 0.364. The van der Waals surface area contributed by atoms with Crippen molar-refractivity contribution in [2.45, 2.75) is 68.5 Å². The van der Waals surface area contributed by atoms with E-state index >= 15 is 0 Å². The maximum atomic E-state index is 14.1. The third-order valence-electron chi connectivity index (χ3n) is 7.22. The third kappa shape index (κ3) is 4.35. The lowest BCUT2D eigenvalue weighted by atomic mass is 9.99. The van der Waals surface area contributed by atoms with Crippen molar-refractivity contribution in [1.82, 2.24) is 9.71 Å². The number of aryl methyl sites for hydroxylation is 1. The van der Waals surface area contributed by atoms with E-state index in [-0.39, 0.29) is 23.4 Å².